The molecule has 0 amide bonds. The third-order valence-corrected chi connectivity index (χ3v) is 3.16. The Morgan fingerprint density at radius 3 is 2.10 bits per heavy atom. The molecule has 0 aliphatic heterocycles. The zero-order valence-corrected chi connectivity index (χ0v) is 11.3. The fraction of sp³-hybridized carbons (Fsp3) is 0.235. The topological polar surface area (TPSA) is 17.1 Å². The standard InChI is InChI=1S/C17H16F2O/c1-2-3-4-12-5-7-13(8-6-12)17(20)14-9-15(18)11-16(19)10-14/h5-11H,2-4H2,1H3. The van der Waals surface area contributed by atoms with Gasteiger partial charge in [-0.1, -0.05) is 37.6 Å². The summed E-state index contributed by atoms with van der Waals surface area (Å²) in [6.45, 7) is 2.12. The first-order valence-corrected chi connectivity index (χ1v) is 6.70. The highest BCUT2D eigenvalue weighted by molar-refractivity contribution is 6.08. The molecule has 0 fully saturated rings. The highest BCUT2D eigenvalue weighted by Crippen LogP contribution is 2.15. The average Bonchev–Trinajstić information content (AvgIpc) is 2.44. The number of hydrogen-bond donors (Lipinski definition) is 0. The molecular weight excluding hydrogens is 258 g/mol. The summed E-state index contributed by atoms with van der Waals surface area (Å²) in [5, 5.41) is 0. The summed E-state index contributed by atoms with van der Waals surface area (Å²) in [5.41, 5.74) is 1.63. The Kier molecular flexibility index (Phi) is 4.61. The summed E-state index contributed by atoms with van der Waals surface area (Å²) in [4.78, 5) is 12.1. The van der Waals surface area contributed by atoms with Crippen molar-refractivity contribution in [3.63, 3.8) is 0 Å². The van der Waals surface area contributed by atoms with E-state index in [1.807, 2.05) is 12.1 Å². The van der Waals surface area contributed by atoms with Crippen LogP contribution in [0.5, 0.6) is 0 Å². The van der Waals surface area contributed by atoms with Gasteiger partial charge in [0.15, 0.2) is 5.78 Å². The van der Waals surface area contributed by atoms with Crippen LogP contribution < -0.4 is 0 Å². The van der Waals surface area contributed by atoms with Crippen molar-refractivity contribution in [2.75, 3.05) is 0 Å². The van der Waals surface area contributed by atoms with E-state index in [9.17, 15) is 13.6 Å². The Bertz CT molecular complexity index is 583. The third-order valence-electron chi connectivity index (χ3n) is 3.16. The van der Waals surface area contributed by atoms with E-state index in [1.165, 1.54) is 0 Å². The number of carbonyl (C=O) groups is 1. The number of ketones is 1. The number of hydrogen-bond acceptors (Lipinski definition) is 1. The van der Waals surface area contributed by atoms with Crippen LogP contribution in [0.1, 0.15) is 41.3 Å². The van der Waals surface area contributed by atoms with Gasteiger partial charge in [0.25, 0.3) is 0 Å². The molecule has 0 saturated heterocycles. The summed E-state index contributed by atoms with van der Waals surface area (Å²) in [6.07, 6.45) is 3.19. The van der Waals surface area contributed by atoms with Gasteiger partial charge in [-0.3, -0.25) is 4.79 Å². The molecule has 0 bridgehead atoms. The molecule has 3 heteroatoms. The predicted octanol–water partition coefficient (Wildman–Crippen LogP) is 4.54. The summed E-state index contributed by atoms with van der Waals surface area (Å²) in [7, 11) is 0. The van der Waals surface area contributed by atoms with Crippen molar-refractivity contribution in [3.8, 4) is 0 Å². The second-order valence-corrected chi connectivity index (χ2v) is 4.79. The SMILES string of the molecule is CCCCc1ccc(C(=O)c2cc(F)cc(F)c2)cc1. The Morgan fingerprint density at radius 2 is 1.55 bits per heavy atom. The van der Waals surface area contributed by atoms with Crippen molar-refractivity contribution in [2.24, 2.45) is 0 Å². The number of aryl methyl sites for hydroxylation is 1. The monoisotopic (exact) mass is 274 g/mol. The van der Waals surface area contributed by atoms with E-state index < -0.39 is 11.6 Å². The average molecular weight is 274 g/mol. The molecule has 0 heterocycles. The van der Waals surface area contributed by atoms with Crippen LogP contribution in [-0.4, -0.2) is 5.78 Å². The van der Waals surface area contributed by atoms with Crippen LogP contribution in [0.2, 0.25) is 0 Å². The number of carbonyl (C=O) groups excluding carboxylic acids is 1. The van der Waals surface area contributed by atoms with E-state index >= 15 is 0 Å². The fourth-order valence-corrected chi connectivity index (χ4v) is 2.06. The zero-order chi connectivity index (χ0) is 14.5. The Labute approximate surface area is 117 Å². The smallest absolute Gasteiger partial charge is 0.193 e. The highest BCUT2D eigenvalue weighted by Gasteiger charge is 2.11. The predicted molar refractivity (Wildman–Crippen MR) is 74.8 cm³/mol. The molecule has 0 N–H and O–H groups in total. The fourth-order valence-electron chi connectivity index (χ4n) is 2.06. The van der Waals surface area contributed by atoms with Gasteiger partial charge in [-0.05, 0) is 30.5 Å². The van der Waals surface area contributed by atoms with Gasteiger partial charge < -0.3 is 0 Å². The van der Waals surface area contributed by atoms with Crippen molar-refractivity contribution < 1.29 is 13.6 Å². The van der Waals surface area contributed by atoms with Crippen molar-refractivity contribution in [2.45, 2.75) is 26.2 Å². The lowest BCUT2D eigenvalue weighted by Crippen LogP contribution is -2.03. The molecule has 2 rings (SSSR count). The highest BCUT2D eigenvalue weighted by atomic mass is 19.1. The van der Waals surface area contributed by atoms with Gasteiger partial charge in [0, 0.05) is 17.2 Å². The van der Waals surface area contributed by atoms with Crippen LogP contribution in [0, 0.1) is 11.6 Å². The van der Waals surface area contributed by atoms with Gasteiger partial charge in [0.1, 0.15) is 11.6 Å². The van der Waals surface area contributed by atoms with E-state index in [-0.39, 0.29) is 11.3 Å². The minimum Gasteiger partial charge on any atom is -0.289 e. The first kappa shape index (κ1) is 14.4. The Morgan fingerprint density at radius 1 is 0.950 bits per heavy atom. The molecule has 2 aromatic carbocycles. The molecule has 1 nitrogen and oxygen atoms in total. The van der Waals surface area contributed by atoms with Crippen molar-refractivity contribution >= 4 is 5.78 Å². The molecule has 0 radical (unpaired) electrons. The maximum absolute atomic E-state index is 13.1. The lowest BCUT2D eigenvalue weighted by molar-refractivity contribution is 0.103. The van der Waals surface area contributed by atoms with Crippen LogP contribution in [0.15, 0.2) is 42.5 Å². The number of unbranched alkanes of at least 4 members (excludes halogenated alkanes) is 1. The molecule has 0 atom stereocenters. The van der Waals surface area contributed by atoms with E-state index in [2.05, 4.69) is 6.92 Å². The number of rotatable bonds is 5. The van der Waals surface area contributed by atoms with E-state index in [0.717, 1.165) is 43.0 Å². The van der Waals surface area contributed by atoms with E-state index in [0.29, 0.717) is 5.56 Å². The van der Waals surface area contributed by atoms with Gasteiger partial charge >= 0.3 is 0 Å². The molecule has 2 aromatic rings. The van der Waals surface area contributed by atoms with Crippen molar-refractivity contribution in [3.05, 3.63) is 70.8 Å². The van der Waals surface area contributed by atoms with Crippen LogP contribution in [0.25, 0.3) is 0 Å². The van der Waals surface area contributed by atoms with E-state index in [4.69, 9.17) is 0 Å². The summed E-state index contributed by atoms with van der Waals surface area (Å²) in [5.74, 6) is -1.86. The first-order chi connectivity index (χ1) is 9.60. The second-order valence-electron chi connectivity index (χ2n) is 4.79. The molecule has 0 unspecified atom stereocenters. The summed E-state index contributed by atoms with van der Waals surface area (Å²) in [6, 6.07) is 10.0. The maximum atomic E-state index is 13.1. The van der Waals surface area contributed by atoms with E-state index in [1.54, 1.807) is 12.1 Å². The number of halogens is 2. The maximum Gasteiger partial charge on any atom is 0.193 e. The van der Waals surface area contributed by atoms with Gasteiger partial charge in [-0.25, -0.2) is 8.78 Å². The minimum atomic E-state index is -0.743. The normalized spacial score (nSPS) is 10.6. The summed E-state index contributed by atoms with van der Waals surface area (Å²) >= 11 is 0. The summed E-state index contributed by atoms with van der Waals surface area (Å²) < 4.78 is 26.2. The van der Waals surface area contributed by atoms with Gasteiger partial charge in [0.05, 0.1) is 0 Å². The molecule has 0 saturated carbocycles. The lowest BCUT2D eigenvalue weighted by Gasteiger charge is -2.04. The Hall–Kier alpha value is -2.03. The first-order valence-electron chi connectivity index (χ1n) is 6.70. The molecular formula is C17H16F2O. The minimum absolute atomic E-state index is 0.0313. The quantitative estimate of drug-likeness (QED) is 0.732. The van der Waals surface area contributed by atoms with Crippen LogP contribution >= 0.6 is 0 Å². The number of benzene rings is 2. The second kappa shape index (κ2) is 6.42. The third kappa shape index (κ3) is 3.50. The van der Waals surface area contributed by atoms with Crippen LogP contribution in [0.3, 0.4) is 0 Å². The Balaban J connectivity index is 2.20. The van der Waals surface area contributed by atoms with Gasteiger partial charge in [-0.15, -0.1) is 0 Å². The van der Waals surface area contributed by atoms with Crippen LogP contribution in [-0.2, 0) is 6.42 Å². The molecule has 20 heavy (non-hydrogen) atoms. The molecule has 0 aliphatic carbocycles. The molecule has 0 aromatic heterocycles. The van der Waals surface area contributed by atoms with Gasteiger partial charge in [-0.2, -0.15) is 0 Å². The zero-order valence-electron chi connectivity index (χ0n) is 11.3. The largest absolute Gasteiger partial charge is 0.289 e. The van der Waals surface area contributed by atoms with Crippen molar-refractivity contribution in [1.82, 2.24) is 0 Å². The van der Waals surface area contributed by atoms with Crippen molar-refractivity contribution in [1.29, 1.82) is 0 Å². The molecule has 0 aliphatic rings. The van der Waals surface area contributed by atoms with Gasteiger partial charge in [0.2, 0.25) is 0 Å². The lowest BCUT2D eigenvalue weighted by atomic mass is 10.0. The molecule has 0 spiro atoms. The molecule has 104 valence electrons. The van der Waals surface area contributed by atoms with Crippen LogP contribution in [0.4, 0.5) is 8.78 Å².